The predicted octanol–water partition coefficient (Wildman–Crippen LogP) is 7.88. The van der Waals surface area contributed by atoms with E-state index in [2.05, 4.69) is 45.7 Å². The minimum Gasteiger partial charge on any atom is -0.726 e. The van der Waals surface area contributed by atoms with E-state index >= 15 is 0 Å². The molecule has 32 heavy (non-hydrogen) atoms. The highest BCUT2D eigenvalue weighted by atomic mass is 32.3. The molecule has 2 saturated carbocycles. The number of hydrogen-bond donors (Lipinski definition) is 0. The van der Waals surface area contributed by atoms with Crippen molar-refractivity contribution < 1.29 is 17.2 Å². The van der Waals surface area contributed by atoms with Gasteiger partial charge < -0.3 is 4.55 Å². The van der Waals surface area contributed by atoms with Gasteiger partial charge in [-0.2, -0.15) is 0 Å². The van der Waals surface area contributed by atoms with E-state index in [9.17, 15) is 13.0 Å². The molecule has 2 fully saturated rings. The standard InChI is InChI=1S/C16H36P.C10H18O4S/c1-5-9-13-17(14-10-6-2,15-11-7-3)16-12-8-4;1-9(2)7-4-5-10(9,3)8(6-7)14-15(11,12)13/h5-16H2,1-4H3;7-8H,4-6H2,1-3H3,(H,11,12,13)/q+1;/p-1/t;7-,8+,10+/m.0/s1. The minimum atomic E-state index is -4.57. The lowest BCUT2D eigenvalue weighted by molar-refractivity contribution is 0.0263. The van der Waals surface area contributed by atoms with Gasteiger partial charge in [-0.05, 0) is 56.3 Å². The molecule has 0 aromatic carbocycles. The van der Waals surface area contributed by atoms with Crippen LogP contribution in [0.2, 0.25) is 0 Å². The number of rotatable bonds is 14. The van der Waals surface area contributed by atoms with E-state index in [-0.39, 0.29) is 10.8 Å². The molecule has 2 rings (SSSR count). The van der Waals surface area contributed by atoms with Gasteiger partial charge in [0.2, 0.25) is 10.4 Å². The maximum Gasteiger partial charge on any atom is 0.217 e. The van der Waals surface area contributed by atoms with Gasteiger partial charge in [-0.25, -0.2) is 8.42 Å². The number of fused-ring (bicyclic) bond motifs is 2. The first-order chi connectivity index (χ1) is 14.9. The predicted molar refractivity (Wildman–Crippen MR) is 140 cm³/mol. The molecule has 0 unspecified atom stereocenters. The highest BCUT2D eigenvalue weighted by molar-refractivity contribution is 7.80. The Morgan fingerprint density at radius 1 is 0.844 bits per heavy atom. The molecule has 0 amide bonds. The van der Waals surface area contributed by atoms with Crippen LogP contribution >= 0.6 is 7.26 Å². The summed E-state index contributed by atoms with van der Waals surface area (Å²) in [5.74, 6) is 0.481. The fourth-order valence-electron chi connectivity index (χ4n) is 6.06. The average Bonchev–Trinajstić information content (AvgIpc) is 3.05. The summed E-state index contributed by atoms with van der Waals surface area (Å²) < 4.78 is 36.6. The van der Waals surface area contributed by atoms with E-state index in [0.29, 0.717) is 12.3 Å². The molecule has 0 spiro atoms. The topological polar surface area (TPSA) is 66.4 Å². The first-order valence-electron chi connectivity index (χ1n) is 13.4. The summed E-state index contributed by atoms with van der Waals surface area (Å²) in [6.45, 7) is 15.7. The van der Waals surface area contributed by atoms with E-state index < -0.39 is 23.8 Å². The van der Waals surface area contributed by atoms with Gasteiger partial charge in [-0.1, -0.05) is 74.1 Å². The molecule has 4 nitrogen and oxygen atoms in total. The Balaban J connectivity index is 0.000000321. The van der Waals surface area contributed by atoms with Crippen molar-refractivity contribution in [2.24, 2.45) is 16.7 Å². The first-order valence-corrected chi connectivity index (χ1v) is 17.3. The van der Waals surface area contributed by atoms with Crippen LogP contribution < -0.4 is 0 Å². The summed E-state index contributed by atoms with van der Waals surface area (Å²) in [4.78, 5) is 0. The van der Waals surface area contributed by atoms with E-state index in [0.717, 1.165) is 12.8 Å². The lowest BCUT2D eigenvalue weighted by Crippen LogP contribution is -2.38. The second-order valence-electron chi connectivity index (χ2n) is 11.3. The van der Waals surface area contributed by atoms with Crippen molar-refractivity contribution in [3.8, 4) is 0 Å². The van der Waals surface area contributed by atoms with Gasteiger partial charge in [0.1, 0.15) is 0 Å². The molecule has 0 heterocycles. The summed E-state index contributed by atoms with van der Waals surface area (Å²) in [5, 5.41) is 0. The van der Waals surface area contributed by atoms with Crippen molar-refractivity contribution in [1.29, 1.82) is 0 Å². The van der Waals surface area contributed by atoms with Gasteiger partial charge in [-0.15, -0.1) is 0 Å². The number of unbranched alkanes of at least 4 members (excludes halogenated alkanes) is 4. The molecule has 0 saturated heterocycles. The molecule has 3 atom stereocenters. The van der Waals surface area contributed by atoms with Crippen LogP contribution in [0.3, 0.4) is 0 Å². The summed E-state index contributed by atoms with van der Waals surface area (Å²) in [5.41, 5.74) is -0.0997. The zero-order valence-electron chi connectivity index (χ0n) is 22.2. The quantitative estimate of drug-likeness (QED) is 0.140. The summed E-state index contributed by atoms with van der Waals surface area (Å²) in [6, 6.07) is 0. The molecule has 0 N–H and O–H groups in total. The van der Waals surface area contributed by atoms with Crippen molar-refractivity contribution >= 4 is 17.7 Å². The molecule has 0 aromatic rings. The summed E-state index contributed by atoms with van der Waals surface area (Å²) >= 11 is 0. The Hall–Kier alpha value is 0.300. The smallest absolute Gasteiger partial charge is 0.217 e. The first kappa shape index (κ1) is 30.3. The second-order valence-corrected chi connectivity index (χ2v) is 16.7. The van der Waals surface area contributed by atoms with E-state index in [1.807, 2.05) is 6.92 Å². The van der Waals surface area contributed by atoms with Crippen LogP contribution in [-0.2, 0) is 14.6 Å². The normalized spacial score (nSPS) is 26.8. The van der Waals surface area contributed by atoms with Gasteiger partial charge >= 0.3 is 0 Å². The zero-order chi connectivity index (χ0) is 24.5. The minimum absolute atomic E-state index is 0.0718. The Morgan fingerprint density at radius 2 is 1.25 bits per heavy atom. The highest BCUT2D eigenvalue weighted by Crippen LogP contribution is 2.66. The lowest BCUT2D eigenvalue weighted by Gasteiger charge is -2.38. The third kappa shape index (κ3) is 8.21. The van der Waals surface area contributed by atoms with Crippen LogP contribution in [0.4, 0.5) is 0 Å². The molecule has 6 heteroatoms. The molecule has 2 aliphatic rings. The third-order valence-corrected chi connectivity index (χ3v) is 14.4. The molecule has 2 bridgehead atoms. The molecular weight excluding hydrogens is 439 g/mol. The van der Waals surface area contributed by atoms with Crippen molar-refractivity contribution in [3.63, 3.8) is 0 Å². The van der Waals surface area contributed by atoms with Crippen LogP contribution in [-0.4, -0.2) is 43.7 Å². The Morgan fingerprint density at radius 3 is 1.50 bits per heavy atom. The largest absolute Gasteiger partial charge is 0.726 e. The lowest BCUT2D eigenvalue weighted by atomic mass is 9.70. The monoisotopic (exact) mass is 492 g/mol. The zero-order valence-corrected chi connectivity index (χ0v) is 24.0. The van der Waals surface area contributed by atoms with Crippen LogP contribution in [0, 0.1) is 16.7 Å². The van der Waals surface area contributed by atoms with Crippen LogP contribution in [0.5, 0.6) is 0 Å². The van der Waals surface area contributed by atoms with Crippen molar-refractivity contribution in [2.45, 2.75) is 125 Å². The molecule has 0 radical (unpaired) electrons. The summed E-state index contributed by atoms with van der Waals surface area (Å²) in [6.07, 6.45) is 20.3. The van der Waals surface area contributed by atoms with Gasteiger partial charge in [0, 0.05) is 12.7 Å². The van der Waals surface area contributed by atoms with Crippen LogP contribution in [0.25, 0.3) is 0 Å². The van der Waals surface area contributed by atoms with Crippen LogP contribution in [0.1, 0.15) is 119 Å². The fourth-order valence-corrected chi connectivity index (χ4v) is 11.9. The summed E-state index contributed by atoms with van der Waals surface area (Å²) in [7, 11) is -5.13. The highest BCUT2D eigenvalue weighted by Gasteiger charge is 2.62. The van der Waals surface area contributed by atoms with Crippen molar-refractivity contribution in [3.05, 3.63) is 0 Å². The maximum absolute atomic E-state index is 10.6. The molecule has 0 aromatic heterocycles. The Bertz CT molecular complexity index is 596. The molecule has 192 valence electrons. The van der Waals surface area contributed by atoms with Gasteiger partial charge in [-0.3, -0.25) is 4.18 Å². The van der Waals surface area contributed by atoms with Crippen molar-refractivity contribution in [2.75, 3.05) is 24.6 Å². The molecular formula is C26H53O4PS. The molecule has 0 aliphatic heterocycles. The van der Waals surface area contributed by atoms with Gasteiger partial charge in [0.15, 0.2) is 0 Å². The van der Waals surface area contributed by atoms with Crippen LogP contribution in [0.15, 0.2) is 0 Å². The number of hydrogen-bond acceptors (Lipinski definition) is 4. The Kier molecular flexibility index (Phi) is 12.7. The van der Waals surface area contributed by atoms with Gasteiger partial charge in [0.05, 0.1) is 30.8 Å². The maximum atomic E-state index is 10.6. The fraction of sp³-hybridized carbons (Fsp3) is 1.00. The second kappa shape index (κ2) is 13.4. The van der Waals surface area contributed by atoms with Gasteiger partial charge in [0.25, 0.3) is 0 Å². The van der Waals surface area contributed by atoms with E-state index in [1.54, 1.807) is 24.6 Å². The van der Waals surface area contributed by atoms with E-state index in [4.69, 9.17) is 0 Å². The average molecular weight is 493 g/mol. The van der Waals surface area contributed by atoms with Crippen molar-refractivity contribution in [1.82, 2.24) is 0 Å². The van der Waals surface area contributed by atoms with E-state index in [1.165, 1.54) is 51.4 Å². The molecule has 2 aliphatic carbocycles. The third-order valence-electron chi connectivity index (χ3n) is 8.89. The Labute approximate surface area is 201 Å². The SMILES string of the molecule is CC1(C)[C@H]2CC[C@]1(C)[C@H](OS(=O)(=O)[O-])C2.CCCC[P+](CCCC)(CCCC)CCCC.